The minimum Gasteiger partial charge on any atom is -0.442 e. The number of benzene rings is 1. The Hall–Kier alpha value is -3.82. The van der Waals surface area contributed by atoms with Gasteiger partial charge in [0.05, 0.1) is 36.4 Å². The van der Waals surface area contributed by atoms with Gasteiger partial charge >= 0.3 is 6.09 Å². The number of nitrogens with zero attached hydrogens (tertiary/aromatic N) is 4. The van der Waals surface area contributed by atoms with E-state index in [1.54, 1.807) is 24.5 Å². The van der Waals surface area contributed by atoms with Crippen molar-refractivity contribution < 1.29 is 18.7 Å². The first kappa shape index (κ1) is 20.9. The van der Waals surface area contributed by atoms with Gasteiger partial charge in [0.25, 0.3) is 0 Å². The van der Waals surface area contributed by atoms with Crippen molar-refractivity contribution in [3.8, 4) is 0 Å². The van der Waals surface area contributed by atoms with E-state index in [9.17, 15) is 14.0 Å². The van der Waals surface area contributed by atoms with Gasteiger partial charge in [-0.25, -0.2) is 9.18 Å². The van der Waals surface area contributed by atoms with Crippen LogP contribution in [0.3, 0.4) is 0 Å². The lowest BCUT2D eigenvalue weighted by atomic mass is 10.1. The fourth-order valence-electron chi connectivity index (χ4n) is 2.85. The molecule has 156 valence electrons. The summed E-state index contributed by atoms with van der Waals surface area (Å²) in [5, 5.41) is 6.26. The van der Waals surface area contributed by atoms with Crippen LogP contribution in [-0.2, 0) is 16.0 Å². The zero-order chi connectivity index (χ0) is 21.5. The van der Waals surface area contributed by atoms with Crippen molar-refractivity contribution >= 4 is 35.3 Å². The lowest BCUT2D eigenvalue weighted by Gasteiger charge is -2.13. The van der Waals surface area contributed by atoms with Crippen LogP contribution in [-0.4, -0.2) is 48.1 Å². The molecule has 0 radical (unpaired) electrons. The molecule has 30 heavy (non-hydrogen) atoms. The Balaban J connectivity index is 1.67. The number of halogens is 1. The number of hydrogen-bond donors (Lipinski definition) is 2. The Labute approximate surface area is 172 Å². The van der Waals surface area contributed by atoms with Crippen LogP contribution in [0.15, 0.2) is 52.8 Å². The molecule has 1 aromatic heterocycles. The normalized spacial score (nSPS) is 16.7. The van der Waals surface area contributed by atoms with Gasteiger partial charge in [0, 0.05) is 25.7 Å². The Morgan fingerprint density at radius 2 is 2.30 bits per heavy atom. The zero-order valence-electron chi connectivity index (χ0n) is 16.3. The van der Waals surface area contributed by atoms with Crippen LogP contribution >= 0.6 is 0 Å². The largest absolute Gasteiger partial charge is 0.442 e. The third-order valence-electron chi connectivity index (χ3n) is 4.32. The Kier molecular flexibility index (Phi) is 6.68. The topological polar surface area (TPSA) is 122 Å². The molecule has 3 N–H and O–H groups in total. The second-order valence-electron chi connectivity index (χ2n) is 6.61. The molecule has 1 fully saturated rings. The molecule has 2 heterocycles. The number of nitrogens with one attached hydrogen (secondary N) is 1. The van der Waals surface area contributed by atoms with Crippen LogP contribution in [0.4, 0.5) is 20.6 Å². The highest BCUT2D eigenvalue weighted by Crippen LogP contribution is 2.27. The fourth-order valence-corrected chi connectivity index (χ4v) is 2.85. The van der Waals surface area contributed by atoms with Crippen LogP contribution < -0.4 is 16.1 Å². The van der Waals surface area contributed by atoms with Crippen molar-refractivity contribution in [3.63, 3.8) is 0 Å². The average molecular weight is 412 g/mol. The number of rotatable bonds is 7. The molecule has 0 aliphatic carbocycles. The average Bonchev–Trinajstić information content (AvgIpc) is 3.11. The van der Waals surface area contributed by atoms with Crippen LogP contribution in [0.5, 0.6) is 0 Å². The van der Waals surface area contributed by atoms with Gasteiger partial charge in [0.2, 0.25) is 5.91 Å². The number of aromatic nitrogens is 1. The van der Waals surface area contributed by atoms with E-state index in [4.69, 9.17) is 10.6 Å². The van der Waals surface area contributed by atoms with E-state index in [0.717, 1.165) is 5.56 Å². The van der Waals surface area contributed by atoms with E-state index in [1.807, 2.05) is 6.07 Å². The fraction of sp³-hybridized carbons (Fsp3) is 0.250. The van der Waals surface area contributed by atoms with E-state index in [2.05, 4.69) is 20.4 Å². The van der Waals surface area contributed by atoms with Crippen LogP contribution in [0.25, 0.3) is 0 Å². The number of cyclic esters (lactones) is 1. The van der Waals surface area contributed by atoms with Crippen molar-refractivity contribution in [3.05, 3.63) is 54.1 Å². The van der Waals surface area contributed by atoms with Crippen molar-refractivity contribution in [2.45, 2.75) is 19.4 Å². The third kappa shape index (κ3) is 5.37. The molecule has 10 heteroatoms. The smallest absolute Gasteiger partial charge is 0.414 e. The minimum absolute atomic E-state index is 0.0773. The van der Waals surface area contributed by atoms with Gasteiger partial charge < -0.3 is 15.9 Å². The lowest BCUT2D eigenvalue weighted by molar-refractivity contribution is -0.119. The molecule has 3 rings (SSSR count). The molecule has 1 aromatic carbocycles. The summed E-state index contributed by atoms with van der Waals surface area (Å²) in [6.45, 7) is 1.78. The number of nitrogens with two attached hydrogens (primary N) is 1. The number of hydrazone groups is 1. The van der Waals surface area contributed by atoms with Crippen molar-refractivity contribution in [1.29, 1.82) is 0 Å². The predicted octanol–water partition coefficient (Wildman–Crippen LogP) is 1.94. The molecule has 2 aromatic rings. The van der Waals surface area contributed by atoms with E-state index in [1.165, 1.54) is 30.2 Å². The summed E-state index contributed by atoms with van der Waals surface area (Å²) in [6, 6.07) is 7.89. The maximum atomic E-state index is 14.5. The SMILES string of the molecule is CC(=O)NC[C@H]1CN(c2ccc(N=C/C(Cc3cccnc3)=N\N)c(F)c2)C(=O)O1. The molecule has 0 unspecified atom stereocenters. The first-order valence-corrected chi connectivity index (χ1v) is 9.18. The first-order valence-electron chi connectivity index (χ1n) is 9.18. The summed E-state index contributed by atoms with van der Waals surface area (Å²) in [5.41, 5.74) is 1.76. The maximum Gasteiger partial charge on any atom is 0.414 e. The summed E-state index contributed by atoms with van der Waals surface area (Å²) in [6.07, 6.45) is 4.03. The first-order chi connectivity index (χ1) is 14.5. The van der Waals surface area contributed by atoms with Gasteiger partial charge in [-0.05, 0) is 29.8 Å². The number of aliphatic imine (C=N–C) groups is 1. The number of pyridine rings is 1. The van der Waals surface area contributed by atoms with Gasteiger partial charge in [0.1, 0.15) is 6.10 Å². The quantitative estimate of drug-likeness (QED) is 0.409. The number of carbonyl (C=O) groups excluding carboxylic acids is 2. The van der Waals surface area contributed by atoms with Gasteiger partial charge in [-0.2, -0.15) is 5.10 Å². The molecule has 0 spiro atoms. The molecule has 1 saturated heterocycles. The maximum absolute atomic E-state index is 14.5. The number of ether oxygens (including phenoxy) is 1. The molecule has 0 saturated carbocycles. The molecule has 9 nitrogen and oxygen atoms in total. The summed E-state index contributed by atoms with van der Waals surface area (Å²) < 4.78 is 19.7. The predicted molar refractivity (Wildman–Crippen MR) is 110 cm³/mol. The number of amides is 2. The van der Waals surface area contributed by atoms with E-state index in [-0.39, 0.29) is 24.7 Å². The molecule has 1 aliphatic heterocycles. The third-order valence-corrected chi connectivity index (χ3v) is 4.32. The Morgan fingerprint density at radius 1 is 1.47 bits per heavy atom. The van der Waals surface area contributed by atoms with Crippen molar-refractivity contribution in [1.82, 2.24) is 10.3 Å². The van der Waals surface area contributed by atoms with E-state index >= 15 is 0 Å². The summed E-state index contributed by atoms with van der Waals surface area (Å²) in [7, 11) is 0. The molecule has 2 amide bonds. The number of carbonyl (C=O) groups is 2. The molecule has 0 bridgehead atoms. The molecular formula is C20H21FN6O3. The molecular weight excluding hydrogens is 391 g/mol. The highest BCUT2D eigenvalue weighted by atomic mass is 19.1. The Bertz CT molecular complexity index is 980. The van der Waals surface area contributed by atoms with Gasteiger partial charge in [-0.3, -0.25) is 19.7 Å². The van der Waals surface area contributed by atoms with Crippen LogP contribution in [0.2, 0.25) is 0 Å². The zero-order valence-corrected chi connectivity index (χ0v) is 16.3. The lowest BCUT2D eigenvalue weighted by Crippen LogP contribution is -2.33. The van der Waals surface area contributed by atoms with E-state index in [0.29, 0.717) is 17.8 Å². The van der Waals surface area contributed by atoms with Gasteiger partial charge in [-0.1, -0.05) is 6.07 Å². The highest BCUT2D eigenvalue weighted by molar-refractivity contribution is 6.31. The van der Waals surface area contributed by atoms with Crippen molar-refractivity contribution in [2.75, 3.05) is 18.0 Å². The monoisotopic (exact) mass is 412 g/mol. The Morgan fingerprint density at radius 3 is 2.97 bits per heavy atom. The second kappa shape index (κ2) is 9.59. The van der Waals surface area contributed by atoms with Crippen molar-refractivity contribution in [2.24, 2.45) is 15.9 Å². The van der Waals surface area contributed by atoms with Gasteiger partial charge in [-0.15, -0.1) is 0 Å². The van der Waals surface area contributed by atoms with Gasteiger partial charge in [0.15, 0.2) is 5.82 Å². The second-order valence-corrected chi connectivity index (χ2v) is 6.61. The standard InChI is InChI=1S/C20H21FN6O3/c1-13(28)24-11-17-12-27(20(29)30-17)16-4-5-19(18(21)8-16)25-10-15(26-22)7-14-3-2-6-23-9-14/h2-6,8-10,17H,7,11-12,22H2,1H3,(H,24,28)/b25-10?,26-15-/t17-/m0/s1. The van der Waals surface area contributed by atoms with E-state index < -0.39 is 18.0 Å². The summed E-state index contributed by atoms with van der Waals surface area (Å²) in [4.78, 5) is 32.5. The highest BCUT2D eigenvalue weighted by Gasteiger charge is 2.32. The number of hydrogen-bond acceptors (Lipinski definition) is 7. The number of anilines is 1. The van der Waals surface area contributed by atoms with Crippen LogP contribution in [0.1, 0.15) is 12.5 Å². The molecule has 1 atom stereocenters. The summed E-state index contributed by atoms with van der Waals surface area (Å²) >= 11 is 0. The minimum atomic E-state index is -0.611. The van der Waals surface area contributed by atoms with Crippen LogP contribution in [0, 0.1) is 5.82 Å². The summed E-state index contributed by atoms with van der Waals surface area (Å²) in [5.74, 6) is 4.57. The molecule has 1 aliphatic rings.